The lowest BCUT2D eigenvalue weighted by atomic mass is 10.2. The molecule has 0 spiro atoms. The van der Waals surface area contributed by atoms with Gasteiger partial charge in [-0.3, -0.25) is 0 Å². The molecule has 0 saturated heterocycles. The maximum Gasteiger partial charge on any atom is 0.234 e. The molecule has 7 heteroatoms. The summed E-state index contributed by atoms with van der Waals surface area (Å²) in [7, 11) is -3.48. The predicted octanol–water partition coefficient (Wildman–Crippen LogP) is 2.88. The summed E-state index contributed by atoms with van der Waals surface area (Å²) >= 11 is 1.51. The van der Waals surface area contributed by atoms with Crippen LogP contribution in [0.1, 0.15) is 16.0 Å². The Morgan fingerprint density at radius 3 is 2.86 bits per heavy atom. The lowest BCUT2D eigenvalue weighted by molar-refractivity contribution is 0.174. The van der Waals surface area contributed by atoms with Crippen LogP contribution < -0.4 is 14.2 Å². The Labute approximate surface area is 133 Å². The van der Waals surface area contributed by atoms with Crippen molar-refractivity contribution in [3.63, 3.8) is 0 Å². The van der Waals surface area contributed by atoms with E-state index in [1.54, 1.807) is 18.2 Å². The molecule has 0 radical (unpaired) electrons. The third kappa shape index (κ3) is 3.49. The molecule has 3 rings (SSSR count). The van der Waals surface area contributed by atoms with Gasteiger partial charge >= 0.3 is 0 Å². The Morgan fingerprint density at radius 2 is 2.09 bits per heavy atom. The van der Waals surface area contributed by atoms with Crippen molar-refractivity contribution < 1.29 is 17.9 Å². The van der Waals surface area contributed by atoms with Crippen LogP contribution in [0.15, 0.2) is 35.1 Å². The fraction of sp³-hybridized carbons (Fsp3) is 0.200. The van der Waals surface area contributed by atoms with Crippen LogP contribution in [0.3, 0.4) is 0 Å². The van der Waals surface area contributed by atoms with E-state index >= 15 is 0 Å². The van der Waals surface area contributed by atoms with Crippen molar-refractivity contribution >= 4 is 27.4 Å². The summed E-state index contributed by atoms with van der Waals surface area (Å²) in [5.41, 5.74) is 1.88. The zero-order valence-corrected chi connectivity index (χ0v) is 13.5. The number of nitrogens with one attached hydrogen (secondary N) is 1. The first-order valence-corrected chi connectivity index (χ1v) is 9.06. The zero-order chi connectivity index (χ0) is 15.6. The fourth-order valence-electron chi connectivity index (χ4n) is 1.99. The van der Waals surface area contributed by atoms with Crippen LogP contribution in [-0.4, -0.2) is 15.2 Å². The van der Waals surface area contributed by atoms with Gasteiger partial charge in [-0.05, 0) is 47.7 Å². The highest BCUT2D eigenvalue weighted by molar-refractivity contribution is 7.92. The number of hydrogen-bond donors (Lipinski definition) is 1. The van der Waals surface area contributed by atoms with Crippen LogP contribution >= 0.6 is 11.3 Å². The van der Waals surface area contributed by atoms with Crippen molar-refractivity contribution in [2.24, 2.45) is 0 Å². The minimum atomic E-state index is -3.48. The summed E-state index contributed by atoms with van der Waals surface area (Å²) in [5, 5.41) is 3.13. The molecule has 2 aromatic rings. The van der Waals surface area contributed by atoms with E-state index in [-0.39, 0.29) is 13.3 Å². The molecule has 0 bridgehead atoms. The minimum absolute atomic E-state index is 0.201. The molecule has 1 aliphatic rings. The quantitative estimate of drug-likeness (QED) is 0.911. The van der Waals surface area contributed by atoms with Crippen molar-refractivity contribution in [2.45, 2.75) is 13.5 Å². The number of sulfonamides is 1. The van der Waals surface area contributed by atoms with Crippen LogP contribution in [0.2, 0.25) is 0 Å². The molecular formula is C15H15NO4S2. The summed E-state index contributed by atoms with van der Waals surface area (Å²) in [5.74, 6) is 1.32. The average Bonchev–Trinajstić information content (AvgIpc) is 3.11. The van der Waals surface area contributed by atoms with Crippen molar-refractivity contribution in [2.75, 3.05) is 6.79 Å². The highest BCUT2D eigenvalue weighted by atomic mass is 32.2. The standard InChI is InChI=1S/C15H15NO4S2/c1-11-4-6-21-15(11)5-7-22(17,18)16-9-12-2-3-13-14(8-12)20-10-19-13/h2-8,16H,9-10H2,1H3. The second-order valence-corrected chi connectivity index (χ2v) is 7.42. The predicted molar refractivity (Wildman–Crippen MR) is 86.4 cm³/mol. The van der Waals surface area contributed by atoms with E-state index in [9.17, 15) is 8.42 Å². The van der Waals surface area contributed by atoms with Gasteiger partial charge < -0.3 is 9.47 Å². The first kappa shape index (κ1) is 15.1. The molecule has 0 unspecified atom stereocenters. The molecule has 1 aromatic carbocycles. The Hall–Kier alpha value is -1.83. The number of aryl methyl sites for hydroxylation is 1. The lowest BCUT2D eigenvalue weighted by Crippen LogP contribution is -2.20. The molecule has 1 aromatic heterocycles. The maximum absolute atomic E-state index is 12.0. The van der Waals surface area contributed by atoms with Crippen molar-refractivity contribution in [1.29, 1.82) is 0 Å². The zero-order valence-electron chi connectivity index (χ0n) is 11.9. The Morgan fingerprint density at radius 1 is 1.27 bits per heavy atom. The topological polar surface area (TPSA) is 64.6 Å². The van der Waals surface area contributed by atoms with Gasteiger partial charge in [-0.2, -0.15) is 0 Å². The molecule has 2 heterocycles. The molecule has 5 nitrogen and oxygen atoms in total. The van der Waals surface area contributed by atoms with Gasteiger partial charge in [0.1, 0.15) is 0 Å². The summed E-state index contributed by atoms with van der Waals surface area (Å²) < 4.78 is 37.0. The maximum atomic E-state index is 12.0. The first-order chi connectivity index (χ1) is 10.5. The van der Waals surface area contributed by atoms with Gasteiger partial charge in [0.25, 0.3) is 0 Å². The second kappa shape index (κ2) is 6.12. The Balaban J connectivity index is 1.65. The van der Waals surface area contributed by atoms with Crippen LogP contribution in [0, 0.1) is 6.92 Å². The number of thiophene rings is 1. The van der Waals surface area contributed by atoms with E-state index in [1.807, 2.05) is 24.4 Å². The molecule has 0 amide bonds. The smallest absolute Gasteiger partial charge is 0.234 e. The summed E-state index contributed by atoms with van der Waals surface area (Å²) in [6.07, 6.45) is 1.61. The normalized spacial score (nSPS) is 13.9. The van der Waals surface area contributed by atoms with E-state index in [0.29, 0.717) is 11.5 Å². The Kier molecular flexibility index (Phi) is 4.19. The van der Waals surface area contributed by atoms with Gasteiger partial charge in [-0.15, -0.1) is 11.3 Å². The van der Waals surface area contributed by atoms with Crippen LogP contribution in [-0.2, 0) is 16.6 Å². The molecule has 116 valence electrons. The van der Waals surface area contributed by atoms with E-state index in [1.165, 1.54) is 16.7 Å². The van der Waals surface area contributed by atoms with Crippen molar-refractivity contribution in [1.82, 2.24) is 4.72 Å². The molecule has 1 N–H and O–H groups in total. The molecule has 0 atom stereocenters. The SMILES string of the molecule is Cc1ccsc1C=CS(=O)(=O)NCc1ccc2c(c1)OCO2. The van der Waals surface area contributed by atoms with E-state index < -0.39 is 10.0 Å². The third-order valence-electron chi connectivity index (χ3n) is 3.21. The molecule has 22 heavy (non-hydrogen) atoms. The summed E-state index contributed by atoms with van der Waals surface area (Å²) in [4.78, 5) is 0.938. The molecule has 1 aliphatic heterocycles. The molecular weight excluding hydrogens is 322 g/mol. The molecule has 0 fully saturated rings. The van der Waals surface area contributed by atoms with E-state index in [0.717, 1.165) is 16.0 Å². The van der Waals surface area contributed by atoms with Crippen LogP contribution in [0.25, 0.3) is 6.08 Å². The molecule has 0 saturated carbocycles. The average molecular weight is 337 g/mol. The van der Waals surface area contributed by atoms with E-state index in [4.69, 9.17) is 9.47 Å². The second-order valence-electron chi connectivity index (χ2n) is 4.82. The lowest BCUT2D eigenvalue weighted by Gasteiger charge is -2.04. The highest BCUT2D eigenvalue weighted by Gasteiger charge is 2.14. The van der Waals surface area contributed by atoms with Gasteiger partial charge in [0.2, 0.25) is 16.8 Å². The van der Waals surface area contributed by atoms with Gasteiger partial charge in [-0.1, -0.05) is 6.07 Å². The largest absolute Gasteiger partial charge is 0.454 e. The van der Waals surface area contributed by atoms with Gasteiger partial charge in [-0.25, -0.2) is 13.1 Å². The van der Waals surface area contributed by atoms with E-state index in [2.05, 4.69) is 4.72 Å². The third-order valence-corrected chi connectivity index (χ3v) is 5.24. The van der Waals surface area contributed by atoms with Crippen molar-refractivity contribution in [3.8, 4) is 11.5 Å². The van der Waals surface area contributed by atoms with Gasteiger partial charge in [0.05, 0.1) is 0 Å². The first-order valence-electron chi connectivity index (χ1n) is 6.64. The fourth-order valence-corrected chi connectivity index (χ4v) is 3.67. The monoisotopic (exact) mass is 337 g/mol. The number of benzene rings is 1. The minimum Gasteiger partial charge on any atom is -0.454 e. The Bertz CT molecular complexity index is 809. The number of ether oxygens (including phenoxy) is 2. The number of rotatable bonds is 5. The molecule has 0 aliphatic carbocycles. The summed E-state index contributed by atoms with van der Waals surface area (Å²) in [6.45, 7) is 2.35. The van der Waals surface area contributed by atoms with Gasteiger partial charge in [0.15, 0.2) is 11.5 Å². The van der Waals surface area contributed by atoms with Crippen LogP contribution in [0.5, 0.6) is 11.5 Å². The van der Waals surface area contributed by atoms with Crippen molar-refractivity contribution in [3.05, 3.63) is 51.1 Å². The van der Waals surface area contributed by atoms with Gasteiger partial charge in [0, 0.05) is 16.8 Å². The van der Waals surface area contributed by atoms with Crippen LogP contribution in [0.4, 0.5) is 0 Å². The number of hydrogen-bond acceptors (Lipinski definition) is 5. The number of fused-ring (bicyclic) bond motifs is 1. The highest BCUT2D eigenvalue weighted by Crippen LogP contribution is 2.32. The summed E-state index contributed by atoms with van der Waals surface area (Å²) in [6, 6.07) is 7.31.